The number of aromatic amines is 1. The highest BCUT2D eigenvalue weighted by Crippen LogP contribution is 2.04. The molecule has 4 unspecified atom stereocenters. The van der Waals surface area contributed by atoms with Gasteiger partial charge in [-0.1, -0.05) is 0 Å². The zero-order valence-electron chi connectivity index (χ0n) is 17.9. The maximum Gasteiger partial charge on any atom is 0.328 e. The Labute approximate surface area is 192 Å². The Morgan fingerprint density at radius 2 is 1.56 bits per heavy atom. The first-order valence-corrected chi connectivity index (χ1v) is 9.92. The van der Waals surface area contributed by atoms with Crippen LogP contribution in [-0.4, -0.2) is 91.6 Å². The van der Waals surface area contributed by atoms with Crippen molar-refractivity contribution in [2.45, 2.75) is 49.9 Å². The normalized spacial score (nSPS) is 14.2. The topological polar surface area (TPSA) is 280 Å². The third-order valence-corrected chi connectivity index (χ3v) is 4.45. The lowest BCUT2D eigenvalue weighted by Crippen LogP contribution is -2.58. The van der Waals surface area contributed by atoms with Gasteiger partial charge >= 0.3 is 11.9 Å². The number of aliphatic hydroxyl groups excluding tert-OH is 1. The van der Waals surface area contributed by atoms with E-state index in [-0.39, 0.29) is 12.8 Å². The number of hydrogen-bond acceptors (Lipinski definition) is 9. The van der Waals surface area contributed by atoms with E-state index >= 15 is 0 Å². The molecule has 1 heterocycles. The minimum Gasteiger partial charge on any atom is -0.481 e. The van der Waals surface area contributed by atoms with Crippen molar-refractivity contribution in [1.29, 1.82) is 0 Å². The summed E-state index contributed by atoms with van der Waals surface area (Å²) in [6.07, 6.45) is 1.02. The van der Waals surface area contributed by atoms with Crippen molar-refractivity contribution in [2.75, 3.05) is 6.61 Å². The van der Waals surface area contributed by atoms with Gasteiger partial charge in [0.2, 0.25) is 23.6 Å². The number of nitrogens with one attached hydrogen (secondary N) is 4. The van der Waals surface area contributed by atoms with Gasteiger partial charge in [-0.3, -0.25) is 24.0 Å². The molecule has 4 amide bonds. The smallest absolute Gasteiger partial charge is 0.328 e. The number of hydrogen-bond donors (Lipinski definition) is 9. The van der Waals surface area contributed by atoms with E-state index in [1.165, 1.54) is 12.5 Å². The zero-order chi connectivity index (χ0) is 25.8. The van der Waals surface area contributed by atoms with Gasteiger partial charge in [-0.15, -0.1) is 0 Å². The molecule has 0 saturated carbocycles. The van der Waals surface area contributed by atoms with Crippen LogP contribution in [0.4, 0.5) is 0 Å². The van der Waals surface area contributed by atoms with Crippen molar-refractivity contribution in [3.63, 3.8) is 0 Å². The average Bonchev–Trinajstić information content (AvgIpc) is 3.26. The number of nitrogens with zero attached hydrogens (tertiary/aromatic N) is 1. The first-order chi connectivity index (χ1) is 15.9. The molecule has 16 nitrogen and oxygen atoms in total. The highest BCUT2D eigenvalue weighted by molar-refractivity contribution is 5.95. The van der Waals surface area contributed by atoms with E-state index in [0.29, 0.717) is 5.69 Å². The number of aromatic nitrogens is 2. The van der Waals surface area contributed by atoms with Crippen molar-refractivity contribution >= 4 is 35.6 Å². The first kappa shape index (κ1) is 28.0. The maximum atomic E-state index is 12.8. The van der Waals surface area contributed by atoms with Crippen LogP contribution < -0.4 is 27.4 Å². The van der Waals surface area contributed by atoms with Crippen LogP contribution in [0.1, 0.15) is 25.0 Å². The molecular weight excluding hydrogens is 458 g/mol. The highest BCUT2D eigenvalue weighted by Gasteiger charge is 2.31. The van der Waals surface area contributed by atoms with Gasteiger partial charge in [0.05, 0.1) is 25.4 Å². The Hall–Kier alpha value is -4.05. The second kappa shape index (κ2) is 13.5. The number of carboxylic acid groups (broad SMARTS) is 2. The lowest BCUT2D eigenvalue weighted by Gasteiger charge is -2.24. The largest absolute Gasteiger partial charge is 0.481 e. The number of rotatable bonds is 15. The minimum atomic E-state index is -1.65. The SMILES string of the molecule is NC(=O)CC(N)C(=O)NC(CCC(=O)O)C(=O)NC(Cc1cnc[nH]1)C(=O)NC(CO)C(=O)O. The van der Waals surface area contributed by atoms with E-state index in [1.807, 2.05) is 0 Å². The van der Waals surface area contributed by atoms with Crippen LogP contribution in [0.15, 0.2) is 12.5 Å². The van der Waals surface area contributed by atoms with Gasteiger partial charge in [-0.05, 0) is 6.42 Å². The number of carboxylic acids is 2. The number of H-pyrrole nitrogens is 1. The van der Waals surface area contributed by atoms with Gasteiger partial charge in [-0.25, -0.2) is 9.78 Å². The lowest BCUT2D eigenvalue weighted by atomic mass is 10.1. The molecule has 0 saturated heterocycles. The van der Waals surface area contributed by atoms with Crippen LogP contribution in [0, 0.1) is 0 Å². The Morgan fingerprint density at radius 1 is 0.971 bits per heavy atom. The standard InChI is InChI=1S/C18H27N7O9/c19-9(4-13(20)27)15(30)23-10(1-2-14(28)29)16(31)24-11(3-8-5-21-7-22-8)17(32)25-12(6-26)18(33)34/h5,7,9-12,26H,1-4,6,19H2,(H2,20,27)(H,21,22)(H,23,30)(H,24,31)(H,25,32)(H,28,29)(H,33,34). The second-order valence-electron chi connectivity index (χ2n) is 7.19. The van der Waals surface area contributed by atoms with Crippen LogP contribution in [-0.2, 0) is 35.2 Å². The van der Waals surface area contributed by atoms with Gasteiger partial charge in [0.15, 0.2) is 0 Å². The molecule has 0 aliphatic rings. The molecule has 1 rings (SSSR count). The van der Waals surface area contributed by atoms with Gasteiger partial charge < -0.3 is 47.7 Å². The fraction of sp³-hybridized carbons (Fsp3) is 0.500. The number of aliphatic carboxylic acids is 2. The minimum absolute atomic E-state index is 0.184. The zero-order valence-corrected chi connectivity index (χ0v) is 17.9. The van der Waals surface area contributed by atoms with E-state index in [1.54, 1.807) is 0 Å². The fourth-order valence-electron chi connectivity index (χ4n) is 2.68. The molecule has 11 N–H and O–H groups in total. The van der Waals surface area contributed by atoms with E-state index in [0.717, 1.165) is 0 Å². The number of imidazole rings is 1. The number of amides is 4. The number of primary amides is 1. The highest BCUT2D eigenvalue weighted by atomic mass is 16.4. The molecule has 34 heavy (non-hydrogen) atoms. The molecule has 0 radical (unpaired) electrons. The third-order valence-electron chi connectivity index (χ3n) is 4.45. The third kappa shape index (κ3) is 9.61. The molecule has 188 valence electrons. The fourth-order valence-corrected chi connectivity index (χ4v) is 2.68. The van der Waals surface area contributed by atoms with Gasteiger partial charge in [0.1, 0.15) is 18.1 Å². The molecule has 1 aromatic rings. The maximum absolute atomic E-state index is 12.8. The summed E-state index contributed by atoms with van der Waals surface area (Å²) < 4.78 is 0. The van der Waals surface area contributed by atoms with E-state index in [4.69, 9.17) is 26.8 Å². The van der Waals surface area contributed by atoms with Gasteiger partial charge in [0, 0.05) is 24.7 Å². The number of carbonyl (C=O) groups excluding carboxylic acids is 4. The number of aliphatic hydroxyl groups is 1. The van der Waals surface area contributed by atoms with Crippen LogP contribution in [0.25, 0.3) is 0 Å². The van der Waals surface area contributed by atoms with Gasteiger partial charge in [-0.2, -0.15) is 0 Å². The quantitative estimate of drug-likeness (QED) is 0.114. The van der Waals surface area contributed by atoms with E-state index in [9.17, 15) is 28.8 Å². The molecule has 0 fully saturated rings. The lowest BCUT2D eigenvalue weighted by molar-refractivity contribution is -0.143. The van der Waals surface area contributed by atoms with E-state index in [2.05, 4.69) is 25.9 Å². The Kier molecular flexibility index (Phi) is 11.1. The molecule has 16 heteroatoms. The van der Waals surface area contributed by atoms with Crippen LogP contribution in [0.2, 0.25) is 0 Å². The van der Waals surface area contributed by atoms with Crippen molar-refractivity contribution in [2.24, 2.45) is 11.5 Å². The Balaban J connectivity index is 3.05. The van der Waals surface area contributed by atoms with Crippen LogP contribution in [0.3, 0.4) is 0 Å². The average molecular weight is 485 g/mol. The molecule has 4 atom stereocenters. The molecule has 0 spiro atoms. The summed E-state index contributed by atoms with van der Waals surface area (Å²) in [5.74, 6) is -6.56. The van der Waals surface area contributed by atoms with Crippen LogP contribution in [0.5, 0.6) is 0 Å². The van der Waals surface area contributed by atoms with Gasteiger partial charge in [0.25, 0.3) is 0 Å². The Bertz CT molecular complexity index is 890. The van der Waals surface area contributed by atoms with E-state index < -0.39 is 79.2 Å². The summed E-state index contributed by atoms with van der Waals surface area (Å²) in [4.78, 5) is 77.2. The summed E-state index contributed by atoms with van der Waals surface area (Å²) in [7, 11) is 0. The van der Waals surface area contributed by atoms with Crippen molar-refractivity contribution < 1.29 is 44.1 Å². The number of nitrogens with two attached hydrogens (primary N) is 2. The predicted octanol–water partition coefficient (Wildman–Crippen LogP) is -4.45. The summed E-state index contributed by atoms with van der Waals surface area (Å²) in [6, 6.07) is -5.91. The van der Waals surface area contributed by atoms with Crippen molar-refractivity contribution in [3.05, 3.63) is 18.2 Å². The summed E-state index contributed by atoms with van der Waals surface area (Å²) in [5.41, 5.74) is 10.9. The molecule has 0 aromatic carbocycles. The molecule has 1 aromatic heterocycles. The number of carbonyl (C=O) groups is 6. The van der Waals surface area contributed by atoms with Crippen molar-refractivity contribution in [3.8, 4) is 0 Å². The summed E-state index contributed by atoms with van der Waals surface area (Å²) in [6.45, 7) is -0.916. The molecule has 0 aliphatic heterocycles. The summed E-state index contributed by atoms with van der Waals surface area (Å²) >= 11 is 0. The molecule has 0 aliphatic carbocycles. The second-order valence-corrected chi connectivity index (χ2v) is 7.19. The predicted molar refractivity (Wildman–Crippen MR) is 111 cm³/mol. The van der Waals surface area contributed by atoms with Crippen LogP contribution >= 0.6 is 0 Å². The summed E-state index contributed by atoms with van der Waals surface area (Å²) in [5, 5.41) is 33.7. The molecular formula is C18H27N7O9. The van der Waals surface area contributed by atoms with Crippen molar-refractivity contribution in [1.82, 2.24) is 25.9 Å². The molecule has 0 bridgehead atoms. The first-order valence-electron chi connectivity index (χ1n) is 9.92. The monoisotopic (exact) mass is 485 g/mol. The Morgan fingerprint density at radius 3 is 2.06 bits per heavy atom.